The molecule has 0 amide bonds. The molecular formula is C11H18O. The Morgan fingerprint density at radius 1 is 1.42 bits per heavy atom. The molecule has 1 nitrogen and oxygen atoms in total. The van der Waals surface area contributed by atoms with Crippen LogP contribution in [-0.2, 0) is 0 Å². The first-order chi connectivity index (χ1) is 5.39. The molecule has 0 aromatic heterocycles. The number of aliphatic hydroxyl groups is 1. The standard InChI is InChI=1S/C11H18O/c1-7-6-11(4)9(12)5-8(7)10(11,2)3/h8-9,12H,1,5-6H2,2-4H3/t8-,9-,11-/m0/s1. The van der Waals surface area contributed by atoms with E-state index in [9.17, 15) is 5.11 Å². The van der Waals surface area contributed by atoms with Gasteiger partial charge in [-0.15, -0.1) is 0 Å². The van der Waals surface area contributed by atoms with E-state index in [0.717, 1.165) is 12.8 Å². The number of rotatable bonds is 0. The minimum Gasteiger partial charge on any atom is -0.393 e. The van der Waals surface area contributed by atoms with Crippen molar-refractivity contribution >= 4 is 0 Å². The van der Waals surface area contributed by atoms with Crippen molar-refractivity contribution in [2.45, 2.75) is 39.7 Å². The Hall–Kier alpha value is -0.300. The van der Waals surface area contributed by atoms with Gasteiger partial charge in [0, 0.05) is 5.41 Å². The third-order valence-electron chi connectivity index (χ3n) is 4.62. The molecule has 0 radical (unpaired) electrons. The van der Waals surface area contributed by atoms with Crippen molar-refractivity contribution in [2.75, 3.05) is 0 Å². The van der Waals surface area contributed by atoms with Gasteiger partial charge in [-0.2, -0.15) is 0 Å². The minimum absolute atomic E-state index is 0.0920. The Morgan fingerprint density at radius 2 is 2.00 bits per heavy atom. The van der Waals surface area contributed by atoms with E-state index in [1.165, 1.54) is 5.57 Å². The van der Waals surface area contributed by atoms with Crippen LogP contribution in [0.15, 0.2) is 12.2 Å². The average Bonchev–Trinajstić information content (AvgIpc) is 2.18. The fourth-order valence-electron chi connectivity index (χ4n) is 3.22. The van der Waals surface area contributed by atoms with Gasteiger partial charge in [0.1, 0.15) is 0 Å². The quantitative estimate of drug-likeness (QED) is 0.548. The van der Waals surface area contributed by atoms with Crippen molar-refractivity contribution < 1.29 is 5.11 Å². The Bertz CT molecular complexity index is 241. The highest BCUT2D eigenvalue weighted by atomic mass is 16.3. The lowest BCUT2D eigenvalue weighted by molar-refractivity contribution is 0.0158. The van der Waals surface area contributed by atoms with E-state index in [4.69, 9.17) is 0 Å². The SMILES string of the molecule is C=C1C[C@@]2(C)[C@@H](O)C[C@@H]1C2(C)C. The summed E-state index contributed by atoms with van der Waals surface area (Å²) in [5, 5.41) is 9.89. The van der Waals surface area contributed by atoms with Crippen molar-refractivity contribution in [1.29, 1.82) is 0 Å². The maximum atomic E-state index is 9.89. The maximum Gasteiger partial charge on any atom is 0.0608 e. The summed E-state index contributed by atoms with van der Waals surface area (Å²) in [5.41, 5.74) is 1.70. The van der Waals surface area contributed by atoms with E-state index in [0.29, 0.717) is 5.92 Å². The highest BCUT2D eigenvalue weighted by Crippen LogP contribution is 2.66. The zero-order chi connectivity index (χ0) is 9.15. The number of hydrogen-bond donors (Lipinski definition) is 1. The lowest BCUT2D eigenvalue weighted by Gasteiger charge is -2.36. The van der Waals surface area contributed by atoms with Gasteiger partial charge in [-0.05, 0) is 24.2 Å². The van der Waals surface area contributed by atoms with Gasteiger partial charge < -0.3 is 5.11 Å². The Morgan fingerprint density at radius 3 is 2.25 bits per heavy atom. The third-order valence-corrected chi connectivity index (χ3v) is 4.62. The van der Waals surface area contributed by atoms with E-state index in [1.807, 2.05) is 0 Å². The normalized spacial score (nSPS) is 50.2. The van der Waals surface area contributed by atoms with Gasteiger partial charge in [0.25, 0.3) is 0 Å². The van der Waals surface area contributed by atoms with Gasteiger partial charge in [0.05, 0.1) is 6.10 Å². The molecule has 0 heterocycles. The van der Waals surface area contributed by atoms with Crippen molar-refractivity contribution in [3.05, 3.63) is 12.2 Å². The fraction of sp³-hybridized carbons (Fsp3) is 0.818. The highest BCUT2D eigenvalue weighted by Gasteiger charge is 2.62. The Balaban J connectivity index is 2.47. The van der Waals surface area contributed by atoms with Gasteiger partial charge in [-0.3, -0.25) is 0 Å². The van der Waals surface area contributed by atoms with Crippen LogP contribution >= 0.6 is 0 Å². The number of fused-ring (bicyclic) bond motifs is 2. The fourth-order valence-corrected chi connectivity index (χ4v) is 3.22. The zero-order valence-electron chi connectivity index (χ0n) is 8.22. The largest absolute Gasteiger partial charge is 0.393 e. The van der Waals surface area contributed by atoms with E-state index < -0.39 is 0 Å². The molecule has 1 N–H and O–H groups in total. The maximum absolute atomic E-state index is 9.89. The van der Waals surface area contributed by atoms with E-state index in [-0.39, 0.29) is 16.9 Å². The summed E-state index contributed by atoms with van der Waals surface area (Å²) in [4.78, 5) is 0. The molecule has 2 saturated carbocycles. The number of aliphatic hydroxyl groups excluding tert-OH is 1. The van der Waals surface area contributed by atoms with Crippen LogP contribution in [0.25, 0.3) is 0 Å². The van der Waals surface area contributed by atoms with Gasteiger partial charge in [0.2, 0.25) is 0 Å². The van der Waals surface area contributed by atoms with Crippen LogP contribution in [0.3, 0.4) is 0 Å². The molecule has 3 atom stereocenters. The van der Waals surface area contributed by atoms with Gasteiger partial charge in [-0.25, -0.2) is 0 Å². The highest BCUT2D eigenvalue weighted by molar-refractivity contribution is 5.26. The van der Waals surface area contributed by atoms with Crippen molar-refractivity contribution in [2.24, 2.45) is 16.7 Å². The number of allylic oxidation sites excluding steroid dienone is 1. The van der Waals surface area contributed by atoms with Crippen LogP contribution in [0.5, 0.6) is 0 Å². The molecule has 2 bridgehead atoms. The second-order valence-corrected chi connectivity index (χ2v) is 5.28. The zero-order valence-corrected chi connectivity index (χ0v) is 8.22. The van der Waals surface area contributed by atoms with Crippen molar-refractivity contribution in [1.82, 2.24) is 0 Å². The third kappa shape index (κ3) is 0.646. The monoisotopic (exact) mass is 166 g/mol. The van der Waals surface area contributed by atoms with Crippen LogP contribution in [0, 0.1) is 16.7 Å². The summed E-state index contributed by atoms with van der Waals surface area (Å²) in [5.74, 6) is 0.553. The molecule has 0 unspecified atom stereocenters. The summed E-state index contributed by atoms with van der Waals surface area (Å²) < 4.78 is 0. The topological polar surface area (TPSA) is 20.2 Å². The molecule has 2 aliphatic rings. The molecule has 2 fully saturated rings. The smallest absolute Gasteiger partial charge is 0.0608 e. The summed E-state index contributed by atoms with van der Waals surface area (Å²) in [7, 11) is 0. The molecule has 68 valence electrons. The van der Waals surface area contributed by atoms with Crippen LogP contribution < -0.4 is 0 Å². The van der Waals surface area contributed by atoms with Crippen LogP contribution in [0.4, 0.5) is 0 Å². The van der Waals surface area contributed by atoms with E-state index in [2.05, 4.69) is 27.4 Å². The van der Waals surface area contributed by atoms with Gasteiger partial charge in [0.15, 0.2) is 0 Å². The Kier molecular flexibility index (Phi) is 1.35. The van der Waals surface area contributed by atoms with Crippen LogP contribution in [0.2, 0.25) is 0 Å². The molecule has 0 aliphatic heterocycles. The number of hydrogen-bond acceptors (Lipinski definition) is 1. The van der Waals surface area contributed by atoms with Gasteiger partial charge >= 0.3 is 0 Å². The first-order valence-corrected chi connectivity index (χ1v) is 4.75. The molecule has 0 saturated heterocycles. The molecule has 2 aliphatic carbocycles. The van der Waals surface area contributed by atoms with Gasteiger partial charge in [-0.1, -0.05) is 32.9 Å². The first kappa shape index (κ1) is 8.31. The predicted octanol–water partition coefficient (Wildman–Crippen LogP) is 2.36. The minimum atomic E-state index is -0.108. The lowest BCUT2D eigenvalue weighted by atomic mass is 9.70. The first-order valence-electron chi connectivity index (χ1n) is 4.75. The molecule has 2 rings (SSSR count). The van der Waals surface area contributed by atoms with Crippen LogP contribution in [-0.4, -0.2) is 11.2 Å². The molecule has 0 spiro atoms. The van der Waals surface area contributed by atoms with Crippen LogP contribution in [0.1, 0.15) is 33.6 Å². The van der Waals surface area contributed by atoms with Crippen molar-refractivity contribution in [3.63, 3.8) is 0 Å². The molecule has 0 aromatic rings. The summed E-state index contributed by atoms with van der Waals surface area (Å²) >= 11 is 0. The molecule has 12 heavy (non-hydrogen) atoms. The second-order valence-electron chi connectivity index (χ2n) is 5.28. The Labute approximate surface area is 74.5 Å². The molecule has 0 aromatic carbocycles. The molecular weight excluding hydrogens is 148 g/mol. The van der Waals surface area contributed by atoms with Crippen molar-refractivity contribution in [3.8, 4) is 0 Å². The molecule has 1 heteroatoms. The summed E-state index contributed by atoms with van der Waals surface area (Å²) in [6.45, 7) is 10.8. The van der Waals surface area contributed by atoms with E-state index in [1.54, 1.807) is 0 Å². The lowest BCUT2D eigenvalue weighted by Crippen LogP contribution is -2.35. The summed E-state index contributed by atoms with van der Waals surface area (Å²) in [6, 6.07) is 0. The predicted molar refractivity (Wildman–Crippen MR) is 49.8 cm³/mol. The average molecular weight is 166 g/mol. The van der Waals surface area contributed by atoms with E-state index >= 15 is 0 Å². The summed E-state index contributed by atoms with van der Waals surface area (Å²) in [6.07, 6.45) is 1.84. The second kappa shape index (κ2) is 1.95.